The molecule has 5 nitrogen and oxygen atoms in total. The third kappa shape index (κ3) is 4.00. The highest BCUT2D eigenvalue weighted by molar-refractivity contribution is 6.31. The van der Waals surface area contributed by atoms with Gasteiger partial charge in [0.15, 0.2) is 11.4 Å². The fourth-order valence-corrected chi connectivity index (χ4v) is 4.95. The SMILES string of the molecule is O=C(C[C@]1(O)C(=O)N(CCCc2c[nH]c3ccc(Cl)cc23)c2ccccc21)c1ccc(Cl)cc1. The topological polar surface area (TPSA) is 73.4 Å². The van der Waals surface area contributed by atoms with E-state index in [9.17, 15) is 14.7 Å². The number of aryl methyl sites for hydroxylation is 1. The molecule has 0 saturated heterocycles. The third-order valence-electron chi connectivity index (χ3n) is 6.38. The molecule has 172 valence electrons. The summed E-state index contributed by atoms with van der Waals surface area (Å²) in [5, 5.41) is 13.7. The monoisotopic (exact) mass is 492 g/mol. The summed E-state index contributed by atoms with van der Waals surface area (Å²) in [7, 11) is 0. The molecule has 34 heavy (non-hydrogen) atoms. The maximum atomic E-state index is 13.4. The summed E-state index contributed by atoms with van der Waals surface area (Å²) in [5.74, 6) is -0.794. The van der Waals surface area contributed by atoms with E-state index in [4.69, 9.17) is 23.2 Å². The number of rotatable bonds is 7. The lowest BCUT2D eigenvalue weighted by atomic mass is 9.88. The minimum absolute atomic E-state index is 0.320. The second-order valence-corrected chi connectivity index (χ2v) is 9.42. The molecule has 0 unspecified atom stereocenters. The Morgan fingerprint density at radius 1 is 1.00 bits per heavy atom. The molecule has 0 aliphatic carbocycles. The lowest BCUT2D eigenvalue weighted by Gasteiger charge is -2.23. The van der Waals surface area contributed by atoms with Crippen LogP contribution in [0.15, 0.2) is 72.9 Å². The Hall–Kier alpha value is -3.12. The van der Waals surface area contributed by atoms with E-state index in [1.54, 1.807) is 41.3 Å². The van der Waals surface area contributed by atoms with Gasteiger partial charge in [-0.05, 0) is 66.9 Å². The van der Waals surface area contributed by atoms with Crippen molar-refractivity contribution < 1.29 is 14.7 Å². The van der Waals surface area contributed by atoms with Crippen LogP contribution in [0, 0.1) is 0 Å². The number of halogens is 2. The summed E-state index contributed by atoms with van der Waals surface area (Å²) < 4.78 is 0. The molecule has 3 aromatic carbocycles. The molecule has 7 heteroatoms. The molecule has 0 radical (unpaired) electrons. The van der Waals surface area contributed by atoms with Crippen LogP contribution in [0.4, 0.5) is 5.69 Å². The average Bonchev–Trinajstić information content (AvgIpc) is 3.32. The number of benzene rings is 3. The molecule has 1 aromatic heterocycles. The van der Waals surface area contributed by atoms with Crippen molar-refractivity contribution in [3.05, 3.63) is 99.7 Å². The number of aromatic nitrogens is 1. The minimum atomic E-state index is -1.90. The van der Waals surface area contributed by atoms with Crippen molar-refractivity contribution >= 4 is 51.5 Å². The van der Waals surface area contributed by atoms with Crippen molar-refractivity contribution in [2.75, 3.05) is 11.4 Å². The predicted octanol–water partition coefficient (Wildman–Crippen LogP) is 5.91. The first-order chi connectivity index (χ1) is 16.4. The molecule has 1 amide bonds. The Kier molecular flexibility index (Phi) is 5.94. The van der Waals surface area contributed by atoms with Crippen LogP contribution in [-0.4, -0.2) is 28.3 Å². The number of aliphatic hydroxyl groups is 1. The number of fused-ring (bicyclic) bond motifs is 2. The number of carbonyl (C=O) groups excluding carboxylic acids is 2. The van der Waals surface area contributed by atoms with Gasteiger partial charge in [-0.3, -0.25) is 9.59 Å². The van der Waals surface area contributed by atoms with E-state index in [2.05, 4.69) is 4.98 Å². The summed E-state index contributed by atoms with van der Waals surface area (Å²) >= 11 is 12.1. The van der Waals surface area contributed by atoms with Crippen molar-refractivity contribution in [2.24, 2.45) is 0 Å². The van der Waals surface area contributed by atoms with Gasteiger partial charge in [-0.2, -0.15) is 0 Å². The normalized spacial score (nSPS) is 17.4. The van der Waals surface area contributed by atoms with Crippen molar-refractivity contribution in [1.82, 2.24) is 4.98 Å². The number of hydrogen-bond acceptors (Lipinski definition) is 3. The zero-order chi connectivity index (χ0) is 23.9. The van der Waals surface area contributed by atoms with Crippen LogP contribution in [-0.2, 0) is 16.8 Å². The van der Waals surface area contributed by atoms with Gasteiger partial charge in [0, 0.05) is 44.8 Å². The average molecular weight is 493 g/mol. The van der Waals surface area contributed by atoms with Crippen LogP contribution >= 0.6 is 23.2 Å². The molecule has 1 aliphatic rings. The standard InChI is InChI=1S/C27H22Cl2N2O3/c28-19-9-7-17(8-10-19)25(32)15-27(34)22-5-1-2-6-24(22)31(26(27)33)13-3-4-18-16-30-23-12-11-20(29)14-21(18)23/h1-2,5-12,14,16,30,34H,3-4,13,15H2/t27-/m1/s1. The molecule has 2 heterocycles. The van der Waals surface area contributed by atoms with Gasteiger partial charge in [-0.25, -0.2) is 0 Å². The number of para-hydroxylation sites is 1. The number of ketones is 1. The number of hydrogen-bond donors (Lipinski definition) is 2. The minimum Gasteiger partial charge on any atom is -0.375 e. The van der Waals surface area contributed by atoms with Crippen LogP contribution in [0.25, 0.3) is 10.9 Å². The maximum absolute atomic E-state index is 13.4. The van der Waals surface area contributed by atoms with E-state index in [1.807, 2.05) is 36.5 Å². The largest absolute Gasteiger partial charge is 0.375 e. The molecular formula is C27H22Cl2N2O3. The Balaban J connectivity index is 1.35. The second-order valence-electron chi connectivity index (χ2n) is 8.55. The van der Waals surface area contributed by atoms with E-state index in [0.29, 0.717) is 39.8 Å². The highest BCUT2D eigenvalue weighted by Gasteiger charge is 2.50. The first-order valence-corrected chi connectivity index (χ1v) is 11.8. The Morgan fingerprint density at radius 2 is 1.74 bits per heavy atom. The van der Waals surface area contributed by atoms with Gasteiger partial charge in [0.25, 0.3) is 5.91 Å². The van der Waals surface area contributed by atoms with E-state index in [0.717, 1.165) is 22.9 Å². The van der Waals surface area contributed by atoms with Gasteiger partial charge >= 0.3 is 0 Å². The number of nitrogens with one attached hydrogen (secondary N) is 1. The van der Waals surface area contributed by atoms with Crippen molar-refractivity contribution in [3.63, 3.8) is 0 Å². The maximum Gasteiger partial charge on any atom is 0.264 e. The number of anilines is 1. The quantitative estimate of drug-likeness (QED) is 0.314. The number of Topliss-reactive ketones (excluding diaryl/α,β-unsaturated/α-hetero) is 1. The van der Waals surface area contributed by atoms with E-state index in [-0.39, 0.29) is 12.2 Å². The fourth-order valence-electron chi connectivity index (χ4n) is 4.65. The Bertz CT molecular complexity index is 1400. The van der Waals surface area contributed by atoms with Crippen LogP contribution < -0.4 is 4.90 Å². The van der Waals surface area contributed by atoms with Crippen LogP contribution in [0.3, 0.4) is 0 Å². The zero-order valence-corrected chi connectivity index (χ0v) is 19.7. The molecule has 0 fully saturated rings. The van der Waals surface area contributed by atoms with Crippen molar-refractivity contribution in [1.29, 1.82) is 0 Å². The molecule has 4 aromatic rings. The molecule has 2 N–H and O–H groups in total. The van der Waals surface area contributed by atoms with Crippen molar-refractivity contribution in [3.8, 4) is 0 Å². The molecular weight excluding hydrogens is 471 g/mol. The Labute approximate surface area is 206 Å². The van der Waals surface area contributed by atoms with Crippen LogP contribution in [0.2, 0.25) is 10.0 Å². The summed E-state index contributed by atoms with van der Waals surface area (Å²) in [4.78, 5) is 31.2. The zero-order valence-electron chi connectivity index (χ0n) is 18.2. The van der Waals surface area contributed by atoms with Gasteiger partial charge in [0.2, 0.25) is 0 Å². The van der Waals surface area contributed by atoms with Gasteiger partial charge in [-0.1, -0.05) is 41.4 Å². The van der Waals surface area contributed by atoms with Crippen LogP contribution in [0.1, 0.15) is 34.3 Å². The number of H-pyrrole nitrogens is 1. The van der Waals surface area contributed by atoms with E-state index >= 15 is 0 Å². The first-order valence-electron chi connectivity index (χ1n) is 11.0. The molecule has 0 bridgehead atoms. The second kappa shape index (κ2) is 8.91. The van der Waals surface area contributed by atoms with Gasteiger partial charge in [0.1, 0.15) is 0 Å². The van der Waals surface area contributed by atoms with Crippen molar-refractivity contribution in [2.45, 2.75) is 24.9 Å². The third-order valence-corrected chi connectivity index (χ3v) is 6.87. The number of aromatic amines is 1. The predicted molar refractivity (Wildman–Crippen MR) is 135 cm³/mol. The van der Waals surface area contributed by atoms with Gasteiger partial charge in [-0.15, -0.1) is 0 Å². The fraction of sp³-hybridized carbons (Fsp3) is 0.185. The van der Waals surface area contributed by atoms with Crippen LogP contribution in [0.5, 0.6) is 0 Å². The highest BCUT2D eigenvalue weighted by Crippen LogP contribution is 2.43. The molecule has 5 rings (SSSR count). The lowest BCUT2D eigenvalue weighted by molar-refractivity contribution is -0.135. The van der Waals surface area contributed by atoms with Gasteiger partial charge < -0.3 is 15.0 Å². The molecule has 1 atom stereocenters. The summed E-state index contributed by atoms with van der Waals surface area (Å²) in [5.41, 5.74) is 1.73. The van der Waals surface area contributed by atoms with E-state index in [1.165, 1.54) is 0 Å². The summed E-state index contributed by atoms with van der Waals surface area (Å²) in [6.45, 7) is 0.417. The number of amides is 1. The van der Waals surface area contributed by atoms with E-state index < -0.39 is 11.5 Å². The molecule has 0 saturated carbocycles. The molecule has 1 aliphatic heterocycles. The first kappa shape index (κ1) is 22.7. The lowest BCUT2D eigenvalue weighted by Crippen LogP contribution is -2.42. The smallest absolute Gasteiger partial charge is 0.264 e. The Morgan fingerprint density at radius 3 is 2.53 bits per heavy atom. The van der Waals surface area contributed by atoms with Gasteiger partial charge in [0.05, 0.1) is 12.1 Å². The number of carbonyl (C=O) groups is 2. The summed E-state index contributed by atoms with van der Waals surface area (Å²) in [6, 6.07) is 19.3. The summed E-state index contributed by atoms with van der Waals surface area (Å²) in [6.07, 6.45) is 3.04. The highest BCUT2D eigenvalue weighted by atomic mass is 35.5. The number of nitrogens with zero attached hydrogens (tertiary/aromatic N) is 1. The molecule has 0 spiro atoms.